The fourth-order valence-corrected chi connectivity index (χ4v) is 3.22. The molecule has 0 aliphatic carbocycles. The fourth-order valence-electron chi connectivity index (χ4n) is 3.22. The highest BCUT2D eigenvalue weighted by molar-refractivity contribution is 6.00. The SMILES string of the molecule is CCc1ccccc1N1C[C@@H](C(=O)N2CCOCC2)CC1=O. The molecule has 2 saturated heterocycles. The summed E-state index contributed by atoms with van der Waals surface area (Å²) in [7, 11) is 0. The maximum absolute atomic E-state index is 12.6. The topological polar surface area (TPSA) is 49.9 Å². The molecule has 2 aliphatic rings. The molecule has 2 fully saturated rings. The summed E-state index contributed by atoms with van der Waals surface area (Å²) in [5, 5.41) is 0. The van der Waals surface area contributed by atoms with E-state index in [1.165, 1.54) is 0 Å². The molecule has 118 valence electrons. The lowest BCUT2D eigenvalue weighted by Crippen LogP contribution is -2.44. The Kier molecular flexibility index (Phi) is 4.43. The lowest BCUT2D eigenvalue weighted by Gasteiger charge is -2.29. The van der Waals surface area contributed by atoms with E-state index in [-0.39, 0.29) is 17.7 Å². The third-order valence-corrected chi connectivity index (χ3v) is 4.46. The molecule has 0 unspecified atom stereocenters. The highest BCUT2D eigenvalue weighted by Crippen LogP contribution is 2.29. The number of anilines is 1. The van der Waals surface area contributed by atoms with Gasteiger partial charge in [0.2, 0.25) is 11.8 Å². The zero-order valence-corrected chi connectivity index (χ0v) is 13.0. The van der Waals surface area contributed by atoms with Gasteiger partial charge in [0, 0.05) is 31.7 Å². The number of rotatable bonds is 3. The van der Waals surface area contributed by atoms with Crippen molar-refractivity contribution in [1.82, 2.24) is 4.90 Å². The number of hydrogen-bond donors (Lipinski definition) is 0. The number of hydrogen-bond acceptors (Lipinski definition) is 3. The van der Waals surface area contributed by atoms with Gasteiger partial charge >= 0.3 is 0 Å². The van der Waals surface area contributed by atoms with Gasteiger partial charge in [-0.25, -0.2) is 0 Å². The molecule has 0 radical (unpaired) electrons. The van der Waals surface area contributed by atoms with Gasteiger partial charge in [0.25, 0.3) is 0 Å². The number of carbonyl (C=O) groups is 2. The van der Waals surface area contributed by atoms with E-state index in [9.17, 15) is 9.59 Å². The molecular weight excluding hydrogens is 280 g/mol. The first-order valence-electron chi connectivity index (χ1n) is 7.95. The van der Waals surface area contributed by atoms with Crippen LogP contribution in [0.15, 0.2) is 24.3 Å². The van der Waals surface area contributed by atoms with Gasteiger partial charge in [-0.3, -0.25) is 9.59 Å². The molecule has 0 N–H and O–H groups in total. The highest BCUT2D eigenvalue weighted by atomic mass is 16.5. The van der Waals surface area contributed by atoms with Gasteiger partial charge in [-0.1, -0.05) is 25.1 Å². The van der Waals surface area contributed by atoms with Crippen LogP contribution < -0.4 is 4.90 Å². The number of para-hydroxylation sites is 1. The van der Waals surface area contributed by atoms with Gasteiger partial charge in [-0.2, -0.15) is 0 Å². The molecule has 0 aromatic heterocycles. The Morgan fingerprint density at radius 3 is 2.73 bits per heavy atom. The van der Waals surface area contributed by atoms with Crippen molar-refractivity contribution in [3.8, 4) is 0 Å². The van der Waals surface area contributed by atoms with Crippen LogP contribution in [-0.4, -0.2) is 49.6 Å². The summed E-state index contributed by atoms with van der Waals surface area (Å²) in [4.78, 5) is 28.5. The molecule has 1 aromatic rings. The molecule has 1 aromatic carbocycles. The summed E-state index contributed by atoms with van der Waals surface area (Å²) in [6, 6.07) is 7.94. The molecule has 2 aliphatic heterocycles. The first-order chi connectivity index (χ1) is 10.7. The van der Waals surface area contributed by atoms with E-state index in [1.807, 2.05) is 29.2 Å². The second-order valence-corrected chi connectivity index (χ2v) is 5.83. The van der Waals surface area contributed by atoms with E-state index in [1.54, 1.807) is 4.90 Å². The van der Waals surface area contributed by atoms with Crippen LogP contribution in [0.5, 0.6) is 0 Å². The van der Waals surface area contributed by atoms with Crippen molar-refractivity contribution >= 4 is 17.5 Å². The minimum atomic E-state index is -0.226. The standard InChI is InChI=1S/C17H22N2O3/c1-2-13-5-3-4-6-15(13)19-12-14(11-16(19)20)17(21)18-7-9-22-10-8-18/h3-6,14H,2,7-12H2,1H3/t14-/m0/s1. The Labute approximate surface area is 130 Å². The number of nitrogens with zero attached hydrogens (tertiary/aromatic N) is 2. The quantitative estimate of drug-likeness (QED) is 0.849. The predicted molar refractivity (Wildman–Crippen MR) is 83.7 cm³/mol. The number of ether oxygens (including phenoxy) is 1. The van der Waals surface area contributed by atoms with Crippen molar-refractivity contribution in [3.63, 3.8) is 0 Å². The third kappa shape index (κ3) is 2.86. The Bertz CT molecular complexity index is 567. The smallest absolute Gasteiger partial charge is 0.228 e. The maximum atomic E-state index is 12.6. The van der Waals surface area contributed by atoms with Crippen LogP contribution in [-0.2, 0) is 20.7 Å². The van der Waals surface area contributed by atoms with Gasteiger partial charge in [0.1, 0.15) is 0 Å². The minimum Gasteiger partial charge on any atom is -0.378 e. The summed E-state index contributed by atoms with van der Waals surface area (Å²) >= 11 is 0. The molecule has 5 heteroatoms. The molecule has 0 spiro atoms. The van der Waals surface area contributed by atoms with Crippen molar-refractivity contribution in [3.05, 3.63) is 29.8 Å². The second-order valence-electron chi connectivity index (χ2n) is 5.83. The monoisotopic (exact) mass is 302 g/mol. The van der Waals surface area contributed by atoms with E-state index in [0.717, 1.165) is 17.7 Å². The Morgan fingerprint density at radius 2 is 2.00 bits per heavy atom. The van der Waals surface area contributed by atoms with E-state index >= 15 is 0 Å². The van der Waals surface area contributed by atoms with Gasteiger partial charge in [-0.05, 0) is 18.1 Å². The van der Waals surface area contributed by atoms with E-state index in [0.29, 0.717) is 39.3 Å². The van der Waals surface area contributed by atoms with Gasteiger partial charge in [0.15, 0.2) is 0 Å². The lowest BCUT2D eigenvalue weighted by molar-refractivity contribution is -0.139. The van der Waals surface area contributed by atoms with E-state index in [2.05, 4.69) is 6.92 Å². The largest absolute Gasteiger partial charge is 0.378 e. The molecule has 22 heavy (non-hydrogen) atoms. The number of carbonyl (C=O) groups excluding carboxylic acids is 2. The van der Waals surface area contributed by atoms with Crippen LogP contribution in [0.25, 0.3) is 0 Å². The minimum absolute atomic E-state index is 0.0486. The van der Waals surface area contributed by atoms with Crippen molar-refractivity contribution in [2.75, 3.05) is 37.7 Å². The molecule has 3 rings (SSSR count). The molecule has 1 atom stereocenters. The van der Waals surface area contributed by atoms with Crippen molar-refractivity contribution in [2.24, 2.45) is 5.92 Å². The van der Waals surface area contributed by atoms with Crippen LogP contribution >= 0.6 is 0 Å². The zero-order valence-electron chi connectivity index (χ0n) is 13.0. The second kappa shape index (κ2) is 6.48. The van der Waals surface area contributed by atoms with Crippen LogP contribution in [0, 0.1) is 5.92 Å². The first-order valence-corrected chi connectivity index (χ1v) is 7.95. The maximum Gasteiger partial charge on any atom is 0.228 e. The van der Waals surface area contributed by atoms with Gasteiger partial charge < -0.3 is 14.5 Å². The molecule has 2 amide bonds. The fraction of sp³-hybridized carbons (Fsp3) is 0.529. The average Bonchev–Trinajstić information content (AvgIpc) is 2.96. The molecular formula is C17H22N2O3. The van der Waals surface area contributed by atoms with Crippen LogP contribution in [0.1, 0.15) is 18.9 Å². The summed E-state index contributed by atoms with van der Waals surface area (Å²) in [6.45, 7) is 5.02. The molecule has 2 heterocycles. The van der Waals surface area contributed by atoms with Crippen LogP contribution in [0.3, 0.4) is 0 Å². The summed E-state index contributed by atoms with van der Waals surface area (Å²) in [6.07, 6.45) is 1.19. The molecule has 0 saturated carbocycles. The highest BCUT2D eigenvalue weighted by Gasteiger charge is 2.37. The Balaban J connectivity index is 1.74. The predicted octanol–water partition coefficient (Wildman–Crippen LogP) is 1.46. The van der Waals surface area contributed by atoms with E-state index in [4.69, 9.17) is 4.74 Å². The summed E-state index contributed by atoms with van der Waals surface area (Å²) in [5.41, 5.74) is 2.10. The molecule has 5 nitrogen and oxygen atoms in total. The first kappa shape index (κ1) is 15.0. The number of aryl methyl sites for hydroxylation is 1. The summed E-state index contributed by atoms with van der Waals surface area (Å²) < 4.78 is 5.28. The Morgan fingerprint density at radius 1 is 1.27 bits per heavy atom. The normalized spacial score (nSPS) is 22.2. The number of morpholine rings is 1. The third-order valence-electron chi connectivity index (χ3n) is 4.46. The van der Waals surface area contributed by atoms with Crippen molar-refractivity contribution in [2.45, 2.75) is 19.8 Å². The van der Waals surface area contributed by atoms with Gasteiger partial charge in [0.05, 0.1) is 19.1 Å². The summed E-state index contributed by atoms with van der Waals surface area (Å²) in [5.74, 6) is -0.0869. The van der Waals surface area contributed by atoms with Crippen molar-refractivity contribution in [1.29, 1.82) is 0 Å². The molecule has 0 bridgehead atoms. The zero-order chi connectivity index (χ0) is 15.5. The average molecular weight is 302 g/mol. The Hall–Kier alpha value is -1.88. The van der Waals surface area contributed by atoms with E-state index < -0.39 is 0 Å². The lowest BCUT2D eigenvalue weighted by atomic mass is 10.1. The van der Waals surface area contributed by atoms with Crippen LogP contribution in [0.4, 0.5) is 5.69 Å². The van der Waals surface area contributed by atoms with Gasteiger partial charge in [-0.15, -0.1) is 0 Å². The number of amides is 2. The number of benzene rings is 1. The van der Waals surface area contributed by atoms with Crippen molar-refractivity contribution < 1.29 is 14.3 Å². The van der Waals surface area contributed by atoms with Crippen LogP contribution in [0.2, 0.25) is 0 Å².